The first kappa shape index (κ1) is 18.3. The number of benzene rings is 2. The molecule has 0 spiro atoms. The van der Waals surface area contributed by atoms with Crippen molar-refractivity contribution >= 4 is 11.6 Å². The van der Waals surface area contributed by atoms with Crippen LogP contribution in [0.3, 0.4) is 0 Å². The van der Waals surface area contributed by atoms with Gasteiger partial charge in [-0.2, -0.15) is 0 Å². The van der Waals surface area contributed by atoms with Crippen molar-refractivity contribution < 1.29 is 13.9 Å². The van der Waals surface area contributed by atoms with E-state index in [0.29, 0.717) is 40.9 Å². The van der Waals surface area contributed by atoms with Crippen molar-refractivity contribution in [2.45, 2.75) is 13.5 Å². The number of carbonyl (C=O) groups is 1. The summed E-state index contributed by atoms with van der Waals surface area (Å²) in [6.45, 7) is 2.24. The summed E-state index contributed by atoms with van der Waals surface area (Å²) in [4.78, 5) is 12.7. The molecule has 1 N–H and O–H groups in total. The van der Waals surface area contributed by atoms with Gasteiger partial charge < -0.3 is 14.5 Å². The van der Waals surface area contributed by atoms with Gasteiger partial charge in [0.15, 0.2) is 0 Å². The van der Waals surface area contributed by atoms with E-state index in [4.69, 9.17) is 9.15 Å². The fourth-order valence-electron chi connectivity index (χ4n) is 2.75. The van der Waals surface area contributed by atoms with Crippen LogP contribution in [0.25, 0.3) is 11.5 Å². The van der Waals surface area contributed by atoms with Crippen LogP contribution >= 0.6 is 0 Å². The van der Waals surface area contributed by atoms with Gasteiger partial charge in [0.25, 0.3) is 5.91 Å². The fourth-order valence-corrected chi connectivity index (χ4v) is 2.75. The Labute approximate surface area is 165 Å². The Morgan fingerprint density at radius 3 is 2.66 bits per heavy atom. The maximum Gasteiger partial charge on any atom is 0.255 e. The minimum atomic E-state index is -0.267. The molecule has 0 unspecified atom stereocenters. The standard InChI is InChI=1S/C19H17N7O3/c1-12-22-23-19(29-12)15-7-8-17(28-2)16(9-15)21-18(27)14-5-3-13(4-6-14)10-26-11-20-24-25-26/h3-9,11H,10H2,1-2H3,(H,21,27). The predicted octanol–water partition coefficient (Wildman–Crippen LogP) is 2.34. The molecular formula is C19H17N7O3. The van der Waals surface area contributed by atoms with Crippen LogP contribution in [0, 0.1) is 6.92 Å². The summed E-state index contributed by atoms with van der Waals surface area (Å²) in [6, 6.07) is 12.4. The predicted molar refractivity (Wildman–Crippen MR) is 102 cm³/mol. The largest absolute Gasteiger partial charge is 0.495 e. The quantitative estimate of drug-likeness (QED) is 0.532. The molecule has 0 aliphatic carbocycles. The van der Waals surface area contributed by atoms with Gasteiger partial charge in [0, 0.05) is 18.1 Å². The SMILES string of the molecule is COc1ccc(-c2nnc(C)o2)cc1NC(=O)c1ccc(Cn2cnnn2)cc1. The Bertz CT molecular complexity index is 1120. The number of nitrogens with one attached hydrogen (secondary N) is 1. The molecule has 0 bridgehead atoms. The number of hydrogen-bond acceptors (Lipinski definition) is 8. The van der Waals surface area contributed by atoms with Gasteiger partial charge in [0.2, 0.25) is 11.8 Å². The second-order valence-corrected chi connectivity index (χ2v) is 6.20. The smallest absolute Gasteiger partial charge is 0.255 e. The molecule has 4 rings (SSSR count). The van der Waals surface area contributed by atoms with Crippen LogP contribution in [0.15, 0.2) is 53.2 Å². The number of nitrogens with zero attached hydrogens (tertiary/aromatic N) is 6. The minimum absolute atomic E-state index is 0.267. The van der Waals surface area contributed by atoms with Crippen molar-refractivity contribution in [1.82, 2.24) is 30.4 Å². The van der Waals surface area contributed by atoms with Crippen LogP contribution < -0.4 is 10.1 Å². The zero-order chi connectivity index (χ0) is 20.2. The molecule has 29 heavy (non-hydrogen) atoms. The highest BCUT2D eigenvalue weighted by atomic mass is 16.5. The van der Waals surface area contributed by atoms with Crippen LogP contribution in [-0.2, 0) is 6.54 Å². The third-order valence-electron chi connectivity index (χ3n) is 4.17. The van der Waals surface area contributed by atoms with Crippen molar-refractivity contribution in [2.75, 3.05) is 12.4 Å². The van der Waals surface area contributed by atoms with E-state index < -0.39 is 0 Å². The van der Waals surface area contributed by atoms with E-state index in [2.05, 4.69) is 31.0 Å². The zero-order valence-corrected chi connectivity index (χ0v) is 15.7. The first-order chi connectivity index (χ1) is 14.1. The molecule has 4 aromatic rings. The number of ether oxygens (including phenoxy) is 1. The van der Waals surface area contributed by atoms with Crippen LogP contribution in [0.5, 0.6) is 5.75 Å². The van der Waals surface area contributed by atoms with Gasteiger partial charge in [0.1, 0.15) is 12.1 Å². The Morgan fingerprint density at radius 2 is 2.00 bits per heavy atom. The summed E-state index contributed by atoms with van der Waals surface area (Å²) in [7, 11) is 1.54. The molecule has 2 aromatic carbocycles. The van der Waals surface area contributed by atoms with Crippen molar-refractivity contribution in [3.8, 4) is 17.2 Å². The molecule has 10 heteroatoms. The zero-order valence-electron chi connectivity index (χ0n) is 15.7. The van der Waals surface area contributed by atoms with Gasteiger partial charge in [-0.05, 0) is 46.3 Å². The number of amides is 1. The minimum Gasteiger partial charge on any atom is -0.495 e. The highest BCUT2D eigenvalue weighted by Crippen LogP contribution is 2.30. The number of methoxy groups -OCH3 is 1. The Hall–Kier alpha value is -4.08. The van der Waals surface area contributed by atoms with Crippen molar-refractivity contribution in [3.63, 3.8) is 0 Å². The lowest BCUT2D eigenvalue weighted by Gasteiger charge is -2.11. The molecule has 2 aromatic heterocycles. The lowest BCUT2D eigenvalue weighted by Crippen LogP contribution is -2.13. The molecule has 1 amide bonds. The number of aryl methyl sites for hydroxylation is 1. The lowest BCUT2D eigenvalue weighted by atomic mass is 10.1. The van der Waals surface area contributed by atoms with Crippen molar-refractivity contribution in [1.29, 1.82) is 0 Å². The maximum absolute atomic E-state index is 12.7. The summed E-state index contributed by atoms with van der Waals surface area (Å²) in [5.41, 5.74) is 2.66. The molecule has 0 fully saturated rings. The van der Waals surface area contributed by atoms with Gasteiger partial charge in [-0.1, -0.05) is 12.1 Å². The van der Waals surface area contributed by atoms with Crippen molar-refractivity contribution in [2.24, 2.45) is 0 Å². The summed E-state index contributed by atoms with van der Waals surface area (Å²) < 4.78 is 12.4. The summed E-state index contributed by atoms with van der Waals surface area (Å²) in [6.07, 6.45) is 1.53. The molecule has 2 heterocycles. The highest BCUT2D eigenvalue weighted by molar-refractivity contribution is 6.05. The first-order valence-electron chi connectivity index (χ1n) is 8.72. The summed E-state index contributed by atoms with van der Waals surface area (Å²) in [5.74, 6) is 1.08. The van der Waals surface area contributed by atoms with E-state index in [9.17, 15) is 4.79 Å². The molecule has 0 radical (unpaired) electrons. The van der Waals surface area contributed by atoms with Crippen LogP contribution in [-0.4, -0.2) is 43.4 Å². The van der Waals surface area contributed by atoms with Crippen LogP contribution in [0.1, 0.15) is 21.8 Å². The average Bonchev–Trinajstić information content (AvgIpc) is 3.40. The van der Waals surface area contributed by atoms with Gasteiger partial charge in [0.05, 0.1) is 19.3 Å². The molecule has 10 nitrogen and oxygen atoms in total. The van der Waals surface area contributed by atoms with E-state index in [1.54, 1.807) is 41.9 Å². The van der Waals surface area contributed by atoms with Crippen LogP contribution in [0.2, 0.25) is 0 Å². The number of hydrogen-bond donors (Lipinski definition) is 1. The Kier molecular flexibility index (Phi) is 4.97. The van der Waals surface area contributed by atoms with Gasteiger partial charge in [-0.15, -0.1) is 15.3 Å². The number of carbonyl (C=O) groups excluding carboxylic acids is 1. The van der Waals surface area contributed by atoms with E-state index in [1.165, 1.54) is 13.4 Å². The number of anilines is 1. The number of aromatic nitrogens is 6. The van der Waals surface area contributed by atoms with E-state index >= 15 is 0 Å². The Balaban J connectivity index is 1.52. The third kappa shape index (κ3) is 4.10. The molecule has 0 aliphatic rings. The van der Waals surface area contributed by atoms with Crippen molar-refractivity contribution in [3.05, 3.63) is 65.8 Å². The van der Waals surface area contributed by atoms with E-state index in [0.717, 1.165) is 5.56 Å². The van der Waals surface area contributed by atoms with Gasteiger partial charge in [-0.25, -0.2) is 4.68 Å². The second kappa shape index (κ2) is 7.89. The number of tetrazole rings is 1. The van der Waals surface area contributed by atoms with E-state index in [-0.39, 0.29) is 5.91 Å². The van der Waals surface area contributed by atoms with Gasteiger partial charge >= 0.3 is 0 Å². The average molecular weight is 391 g/mol. The second-order valence-electron chi connectivity index (χ2n) is 6.20. The normalized spacial score (nSPS) is 10.7. The first-order valence-corrected chi connectivity index (χ1v) is 8.72. The maximum atomic E-state index is 12.7. The molecule has 0 saturated carbocycles. The topological polar surface area (TPSA) is 121 Å². The Morgan fingerprint density at radius 1 is 1.17 bits per heavy atom. The van der Waals surface area contributed by atoms with Crippen LogP contribution in [0.4, 0.5) is 5.69 Å². The molecule has 0 saturated heterocycles. The lowest BCUT2D eigenvalue weighted by molar-refractivity contribution is 0.102. The fraction of sp³-hybridized carbons (Fsp3) is 0.158. The molecule has 0 aliphatic heterocycles. The molecule has 146 valence electrons. The monoisotopic (exact) mass is 391 g/mol. The summed E-state index contributed by atoms with van der Waals surface area (Å²) >= 11 is 0. The summed E-state index contributed by atoms with van der Waals surface area (Å²) in [5, 5.41) is 21.7. The molecular weight excluding hydrogens is 374 g/mol. The highest BCUT2D eigenvalue weighted by Gasteiger charge is 2.14. The number of rotatable bonds is 6. The van der Waals surface area contributed by atoms with E-state index in [1.807, 2.05) is 12.1 Å². The third-order valence-corrected chi connectivity index (χ3v) is 4.17. The van der Waals surface area contributed by atoms with Gasteiger partial charge in [-0.3, -0.25) is 4.79 Å². The molecule has 0 atom stereocenters.